The van der Waals surface area contributed by atoms with Gasteiger partial charge in [-0.1, -0.05) is 18.2 Å². The highest BCUT2D eigenvalue weighted by Crippen LogP contribution is 2.31. The zero-order valence-electron chi connectivity index (χ0n) is 11.8. The molecule has 2 heterocycles. The van der Waals surface area contributed by atoms with Crippen molar-refractivity contribution in [2.24, 2.45) is 0 Å². The monoisotopic (exact) mass is 353 g/mol. The van der Waals surface area contributed by atoms with Crippen molar-refractivity contribution in [3.63, 3.8) is 0 Å². The molecule has 10 heteroatoms. The van der Waals surface area contributed by atoms with Gasteiger partial charge < -0.3 is 0 Å². The van der Waals surface area contributed by atoms with Crippen LogP contribution in [0.1, 0.15) is 12.1 Å². The fourth-order valence-corrected chi connectivity index (χ4v) is 3.78. The minimum Gasteiger partial charge on any atom is -0.258 e. The van der Waals surface area contributed by atoms with Crippen molar-refractivity contribution in [2.45, 2.75) is 11.3 Å². The number of nitro groups is 1. The standard InChI is InChI=1S/C14H9F2N3O4S/c15-13(16)12-7-9-6-10(19(20)21)8-17-14(9)18(12)24(22,23)11-4-2-1-3-5-11/h1-8,13H. The van der Waals surface area contributed by atoms with Crippen molar-refractivity contribution in [3.05, 3.63) is 64.5 Å². The van der Waals surface area contributed by atoms with E-state index in [1.807, 2.05) is 0 Å². The number of hydrogen-bond acceptors (Lipinski definition) is 5. The SMILES string of the molecule is O=[N+]([O-])c1cnc2c(c1)cc(C(F)F)n2S(=O)(=O)c1ccccc1. The van der Waals surface area contributed by atoms with Gasteiger partial charge in [0.05, 0.1) is 9.82 Å². The Morgan fingerprint density at radius 3 is 2.42 bits per heavy atom. The van der Waals surface area contributed by atoms with Gasteiger partial charge in [-0.15, -0.1) is 0 Å². The van der Waals surface area contributed by atoms with Gasteiger partial charge in [-0.25, -0.2) is 26.2 Å². The summed E-state index contributed by atoms with van der Waals surface area (Å²) in [6, 6.07) is 8.93. The van der Waals surface area contributed by atoms with E-state index in [4.69, 9.17) is 0 Å². The van der Waals surface area contributed by atoms with Crippen LogP contribution in [0, 0.1) is 10.1 Å². The first-order valence-corrected chi connectivity index (χ1v) is 8.01. The van der Waals surface area contributed by atoms with Gasteiger partial charge in [0.1, 0.15) is 11.9 Å². The van der Waals surface area contributed by atoms with E-state index in [9.17, 15) is 27.3 Å². The number of pyridine rings is 1. The topological polar surface area (TPSA) is 95.1 Å². The third kappa shape index (κ3) is 2.50. The molecule has 0 unspecified atom stereocenters. The molecule has 0 saturated carbocycles. The molecule has 0 aliphatic heterocycles. The number of halogens is 2. The van der Waals surface area contributed by atoms with Gasteiger partial charge in [0.15, 0.2) is 5.65 Å². The lowest BCUT2D eigenvalue weighted by atomic mass is 10.3. The molecule has 7 nitrogen and oxygen atoms in total. The molecule has 3 aromatic rings. The Kier molecular flexibility index (Phi) is 3.76. The Hall–Kier alpha value is -2.88. The van der Waals surface area contributed by atoms with Crippen molar-refractivity contribution < 1.29 is 22.1 Å². The number of rotatable bonds is 4. The lowest BCUT2D eigenvalue weighted by molar-refractivity contribution is -0.385. The van der Waals surface area contributed by atoms with Gasteiger partial charge in [0, 0.05) is 11.5 Å². The molecule has 0 fully saturated rings. The number of fused-ring (bicyclic) bond motifs is 1. The number of hydrogen-bond donors (Lipinski definition) is 0. The Bertz CT molecular complexity index is 1030. The molecule has 0 amide bonds. The van der Waals surface area contributed by atoms with Gasteiger partial charge in [-0.05, 0) is 18.2 Å². The molecule has 0 atom stereocenters. The summed E-state index contributed by atoms with van der Waals surface area (Å²) in [7, 11) is -4.33. The van der Waals surface area contributed by atoms with Gasteiger partial charge in [-0.3, -0.25) is 10.1 Å². The molecule has 0 aliphatic carbocycles. The predicted molar refractivity (Wildman–Crippen MR) is 80.4 cm³/mol. The maximum absolute atomic E-state index is 13.3. The predicted octanol–water partition coefficient (Wildman–Crippen LogP) is 3.12. The van der Waals surface area contributed by atoms with E-state index in [0.29, 0.717) is 3.97 Å². The third-order valence-corrected chi connectivity index (χ3v) is 5.06. The molecule has 124 valence electrons. The highest BCUT2D eigenvalue weighted by Gasteiger charge is 2.28. The van der Waals surface area contributed by atoms with Crippen molar-refractivity contribution in [3.8, 4) is 0 Å². The summed E-state index contributed by atoms with van der Waals surface area (Å²) in [5.41, 5.74) is -1.51. The molecular weight excluding hydrogens is 344 g/mol. The molecule has 0 aliphatic rings. The first-order chi connectivity index (χ1) is 11.3. The second-order valence-electron chi connectivity index (χ2n) is 4.82. The summed E-state index contributed by atoms with van der Waals surface area (Å²) < 4.78 is 52.5. The minimum absolute atomic E-state index is 0.0565. The Labute approximate surface area is 134 Å². The molecule has 0 bridgehead atoms. The van der Waals surface area contributed by atoms with E-state index in [2.05, 4.69) is 4.98 Å². The second kappa shape index (κ2) is 5.64. The second-order valence-corrected chi connectivity index (χ2v) is 6.60. The third-order valence-electron chi connectivity index (χ3n) is 3.33. The van der Waals surface area contributed by atoms with Crippen LogP contribution in [-0.4, -0.2) is 22.3 Å². The average molecular weight is 353 g/mol. The van der Waals surface area contributed by atoms with Crippen molar-refractivity contribution in [1.82, 2.24) is 8.96 Å². The number of aromatic nitrogens is 2. The van der Waals surface area contributed by atoms with Crippen LogP contribution in [0.4, 0.5) is 14.5 Å². The van der Waals surface area contributed by atoms with Crippen LogP contribution >= 0.6 is 0 Å². The number of nitrogens with zero attached hydrogens (tertiary/aromatic N) is 3. The first kappa shape index (κ1) is 16.0. The van der Waals surface area contributed by atoms with Crippen molar-refractivity contribution in [1.29, 1.82) is 0 Å². The van der Waals surface area contributed by atoms with E-state index >= 15 is 0 Å². The van der Waals surface area contributed by atoms with Crippen molar-refractivity contribution >= 4 is 26.7 Å². The van der Waals surface area contributed by atoms with E-state index < -0.39 is 32.8 Å². The lowest BCUT2D eigenvalue weighted by Crippen LogP contribution is -2.16. The van der Waals surface area contributed by atoms with E-state index in [1.54, 1.807) is 6.07 Å². The quantitative estimate of drug-likeness (QED) is 0.530. The molecule has 0 saturated heterocycles. The largest absolute Gasteiger partial charge is 0.288 e. The summed E-state index contributed by atoms with van der Waals surface area (Å²) in [5.74, 6) is 0. The highest BCUT2D eigenvalue weighted by atomic mass is 32.2. The smallest absolute Gasteiger partial charge is 0.258 e. The first-order valence-electron chi connectivity index (χ1n) is 6.57. The summed E-state index contributed by atoms with van der Waals surface area (Å²) >= 11 is 0. The number of alkyl halides is 2. The maximum Gasteiger partial charge on any atom is 0.288 e. The molecular formula is C14H9F2N3O4S. The van der Waals surface area contributed by atoms with Crippen LogP contribution < -0.4 is 0 Å². The Morgan fingerprint density at radius 1 is 1.17 bits per heavy atom. The molecule has 24 heavy (non-hydrogen) atoms. The maximum atomic E-state index is 13.3. The van der Waals surface area contributed by atoms with Crippen LogP contribution in [0.2, 0.25) is 0 Å². The van der Waals surface area contributed by atoms with Crippen molar-refractivity contribution in [2.75, 3.05) is 0 Å². The molecule has 3 rings (SSSR count). The van der Waals surface area contributed by atoms with Crippen LogP contribution in [0.15, 0.2) is 53.6 Å². The van der Waals surface area contributed by atoms with Crippen LogP contribution in [0.3, 0.4) is 0 Å². The van der Waals surface area contributed by atoms with Crippen LogP contribution in [0.25, 0.3) is 11.0 Å². The van der Waals surface area contributed by atoms with Crippen LogP contribution in [-0.2, 0) is 10.0 Å². The molecule has 2 aromatic heterocycles. The Balaban J connectivity index is 2.34. The fraction of sp³-hybridized carbons (Fsp3) is 0.0714. The Morgan fingerprint density at radius 2 is 1.83 bits per heavy atom. The highest BCUT2D eigenvalue weighted by molar-refractivity contribution is 7.90. The van der Waals surface area contributed by atoms with Gasteiger partial charge in [-0.2, -0.15) is 0 Å². The van der Waals surface area contributed by atoms with Crippen LogP contribution in [0.5, 0.6) is 0 Å². The molecule has 1 aromatic carbocycles. The average Bonchev–Trinajstić information content (AvgIpc) is 2.95. The fourth-order valence-electron chi connectivity index (χ4n) is 2.28. The van der Waals surface area contributed by atoms with E-state index in [-0.39, 0.29) is 15.9 Å². The zero-order chi connectivity index (χ0) is 17.5. The van der Waals surface area contributed by atoms with E-state index in [1.165, 1.54) is 24.3 Å². The van der Waals surface area contributed by atoms with E-state index in [0.717, 1.165) is 18.3 Å². The number of benzene rings is 1. The zero-order valence-corrected chi connectivity index (χ0v) is 12.7. The lowest BCUT2D eigenvalue weighted by Gasteiger charge is -2.10. The molecule has 0 N–H and O–H groups in total. The summed E-state index contributed by atoms with van der Waals surface area (Å²) in [5, 5.41) is 10.7. The summed E-state index contributed by atoms with van der Waals surface area (Å²) in [4.78, 5) is 13.6. The van der Waals surface area contributed by atoms with Gasteiger partial charge >= 0.3 is 0 Å². The van der Waals surface area contributed by atoms with Gasteiger partial charge in [0.2, 0.25) is 0 Å². The summed E-state index contributed by atoms with van der Waals surface area (Å²) in [6.45, 7) is 0. The summed E-state index contributed by atoms with van der Waals surface area (Å²) in [6.07, 6.45) is -2.27. The van der Waals surface area contributed by atoms with Gasteiger partial charge in [0.25, 0.3) is 22.1 Å². The normalized spacial score (nSPS) is 12.0. The molecule has 0 spiro atoms. The minimum atomic E-state index is -4.33. The molecule has 0 radical (unpaired) electrons.